The van der Waals surface area contributed by atoms with Gasteiger partial charge in [-0.15, -0.1) is 0 Å². The maximum atomic E-state index is 12.4. The fraction of sp³-hybridized carbons (Fsp3) is 0.167. The summed E-state index contributed by atoms with van der Waals surface area (Å²) < 4.78 is 27.2. The van der Waals surface area contributed by atoms with E-state index in [1.165, 1.54) is 36.5 Å². The van der Waals surface area contributed by atoms with Crippen molar-refractivity contribution in [3.05, 3.63) is 64.3 Å². The van der Waals surface area contributed by atoms with Gasteiger partial charge in [0.2, 0.25) is 11.9 Å². The number of carbonyl (C=O) groups is 1. The molecule has 0 saturated carbocycles. The second-order valence-corrected chi connectivity index (χ2v) is 8.83. The molecule has 0 aliphatic rings. The number of aryl methyl sites for hydroxylation is 2. The van der Waals surface area contributed by atoms with Crippen LogP contribution in [0, 0.1) is 13.8 Å². The Hall–Kier alpha value is -3.25. The molecule has 30 heavy (non-hydrogen) atoms. The van der Waals surface area contributed by atoms with Crippen LogP contribution in [0.2, 0.25) is 0 Å². The van der Waals surface area contributed by atoms with Crippen molar-refractivity contribution in [2.45, 2.75) is 23.9 Å². The molecule has 156 valence electrons. The molecule has 0 unspecified atom stereocenters. The van der Waals surface area contributed by atoms with Crippen molar-refractivity contribution in [1.82, 2.24) is 19.9 Å². The number of nitrogens with one attached hydrogen (secondary N) is 3. The van der Waals surface area contributed by atoms with E-state index in [-0.39, 0.29) is 28.1 Å². The van der Waals surface area contributed by atoms with Gasteiger partial charge in [-0.3, -0.25) is 9.59 Å². The first-order valence-electron chi connectivity index (χ1n) is 8.64. The number of nitrogens with zero attached hydrogens (tertiary/aromatic N) is 3. The van der Waals surface area contributed by atoms with Crippen LogP contribution in [-0.2, 0) is 14.8 Å². The van der Waals surface area contributed by atoms with Gasteiger partial charge >= 0.3 is 0 Å². The number of aromatic amines is 1. The first-order valence-corrected chi connectivity index (χ1v) is 11.1. The molecule has 0 spiro atoms. The van der Waals surface area contributed by atoms with Crippen molar-refractivity contribution in [2.24, 2.45) is 0 Å². The van der Waals surface area contributed by atoms with Crippen LogP contribution in [0.5, 0.6) is 0 Å². The predicted molar refractivity (Wildman–Crippen MR) is 113 cm³/mol. The number of rotatable bonds is 7. The lowest BCUT2D eigenvalue weighted by molar-refractivity contribution is -0.113. The lowest BCUT2D eigenvalue weighted by Crippen LogP contribution is -2.17. The molecular formula is C18H18N6O4S2. The van der Waals surface area contributed by atoms with Crippen LogP contribution in [0.3, 0.4) is 0 Å². The lowest BCUT2D eigenvalue weighted by atomic mass is 10.3. The van der Waals surface area contributed by atoms with Gasteiger partial charge in [0.1, 0.15) is 0 Å². The summed E-state index contributed by atoms with van der Waals surface area (Å²) in [5.74, 6) is -0.322. The molecule has 3 rings (SSSR count). The van der Waals surface area contributed by atoms with Crippen molar-refractivity contribution in [1.29, 1.82) is 0 Å². The molecule has 3 N–H and O–H groups in total. The number of anilines is 2. The van der Waals surface area contributed by atoms with E-state index < -0.39 is 10.0 Å². The molecule has 0 bridgehead atoms. The second kappa shape index (κ2) is 9.05. The third kappa shape index (κ3) is 5.87. The van der Waals surface area contributed by atoms with E-state index in [0.29, 0.717) is 22.2 Å². The van der Waals surface area contributed by atoms with Crippen molar-refractivity contribution in [3.8, 4) is 0 Å². The number of amides is 1. The Bertz CT molecular complexity index is 1230. The van der Waals surface area contributed by atoms with E-state index >= 15 is 0 Å². The van der Waals surface area contributed by atoms with Gasteiger partial charge in [0.25, 0.3) is 15.6 Å². The minimum atomic E-state index is -3.86. The number of aromatic nitrogens is 4. The molecule has 12 heteroatoms. The van der Waals surface area contributed by atoms with Crippen LogP contribution < -0.4 is 15.6 Å². The average molecular weight is 447 g/mol. The third-order valence-electron chi connectivity index (χ3n) is 3.66. The Morgan fingerprint density at radius 3 is 2.50 bits per heavy atom. The summed E-state index contributed by atoms with van der Waals surface area (Å²) in [6.07, 6.45) is 1.46. The average Bonchev–Trinajstić information content (AvgIpc) is 2.66. The summed E-state index contributed by atoms with van der Waals surface area (Å²) in [5.41, 5.74) is 1.33. The highest BCUT2D eigenvalue weighted by atomic mass is 32.2. The van der Waals surface area contributed by atoms with E-state index in [0.717, 1.165) is 11.8 Å². The predicted octanol–water partition coefficient (Wildman–Crippen LogP) is 1.71. The number of H-pyrrole nitrogens is 1. The van der Waals surface area contributed by atoms with Crippen LogP contribution in [0.4, 0.5) is 11.6 Å². The zero-order valence-corrected chi connectivity index (χ0v) is 17.7. The standard InChI is InChI=1S/C18H18N6O4S2/c1-11-7-8-19-17(20-11)24-30(27,28)14-5-3-13(4-6-14)22-16(26)10-29-18-21-12(2)9-15(25)23-18/h3-9H,10H2,1-2H3,(H,22,26)(H,19,20,24)(H,21,23,25). The Kier molecular flexibility index (Phi) is 6.47. The van der Waals surface area contributed by atoms with Crippen molar-refractivity contribution >= 4 is 39.3 Å². The van der Waals surface area contributed by atoms with Gasteiger partial charge in [0, 0.05) is 29.3 Å². The number of benzene rings is 1. The summed E-state index contributed by atoms with van der Waals surface area (Å²) >= 11 is 1.09. The van der Waals surface area contributed by atoms with Gasteiger partial charge in [-0.05, 0) is 44.2 Å². The number of hydrogen-bond donors (Lipinski definition) is 3. The van der Waals surface area contributed by atoms with Gasteiger partial charge in [0.05, 0.1) is 10.6 Å². The normalized spacial score (nSPS) is 11.1. The summed E-state index contributed by atoms with van der Waals surface area (Å²) in [4.78, 5) is 38.1. The summed E-state index contributed by atoms with van der Waals surface area (Å²) in [6, 6.07) is 8.68. The minimum Gasteiger partial charge on any atom is -0.325 e. The monoisotopic (exact) mass is 446 g/mol. The quantitative estimate of drug-likeness (QED) is 0.367. The number of carbonyl (C=O) groups excluding carboxylic acids is 1. The molecule has 0 aliphatic heterocycles. The highest BCUT2D eigenvalue weighted by molar-refractivity contribution is 7.99. The van der Waals surface area contributed by atoms with Crippen molar-refractivity contribution in [2.75, 3.05) is 15.8 Å². The van der Waals surface area contributed by atoms with Crippen molar-refractivity contribution < 1.29 is 13.2 Å². The first-order chi connectivity index (χ1) is 14.2. The summed E-state index contributed by atoms with van der Waals surface area (Å²) in [5, 5.41) is 3.01. The molecule has 1 aromatic carbocycles. The maximum Gasteiger partial charge on any atom is 0.264 e. The Labute approximate surface area is 176 Å². The molecule has 0 fully saturated rings. The molecule has 1 amide bonds. The van der Waals surface area contributed by atoms with Gasteiger partial charge < -0.3 is 10.3 Å². The van der Waals surface area contributed by atoms with E-state index in [4.69, 9.17) is 0 Å². The molecule has 2 aromatic heterocycles. The van der Waals surface area contributed by atoms with Crippen molar-refractivity contribution in [3.63, 3.8) is 0 Å². The first kappa shape index (κ1) is 21.5. The number of hydrogen-bond acceptors (Lipinski definition) is 8. The molecule has 10 nitrogen and oxygen atoms in total. The van der Waals surface area contributed by atoms with Crippen LogP contribution in [0.1, 0.15) is 11.4 Å². The molecule has 0 saturated heterocycles. The summed E-state index contributed by atoms with van der Waals surface area (Å²) in [6.45, 7) is 3.41. The zero-order chi connectivity index (χ0) is 21.7. The van der Waals surface area contributed by atoms with E-state index in [1.54, 1.807) is 19.9 Å². The Balaban J connectivity index is 1.60. The van der Waals surface area contributed by atoms with E-state index in [1.807, 2.05) is 0 Å². The largest absolute Gasteiger partial charge is 0.325 e. The second-order valence-electron chi connectivity index (χ2n) is 6.18. The zero-order valence-electron chi connectivity index (χ0n) is 16.0. The fourth-order valence-electron chi connectivity index (χ4n) is 2.35. The van der Waals surface area contributed by atoms with Gasteiger partial charge in [-0.1, -0.05) is 11.8 Å². The minimum absolute atomic E-state index is 0.00140. The van der Waals surface area contributed by atoms with E-state index in [2.05, 4.69) is 30.0 Å². The highest BCUT2D eigenvalue weighted by Gasteiger charge is 2.16. The smallest absolute Gasteiger partial charge is 0.264 e. The molecule has 0 atom stereocenters. The molecule has 3 aromatic rings. The topological polar surface area (TPSA) is 147 Å². The van der Waals surface area contributed by atoms with Crippen LogP contribution in [0.15, 0.2) is 57.4 Å². The number of sulfonamides is 1. The Morgan fingerprint density at radius 1 is 1.10 bits per heavy atom. The Morgan fingerprint density at radius 2 is 1.83 bits per heavy atom. The van der Waals surface area contributed by atoms with Gasteiger partial charge in [-0.25, -0.2) is 28.1 Å². The fourth-order valence-corrected chi connectivity index (χ4v) is 4.02. The van der Waals surface area contributed by atoms with Crippen LogP contribution >= 0.6 is 11.8 Å². The van der Waals surface area contributed by atoms with Crippen LogP contribution in [-0.4, -0.2) is 40.0 Å². The van der Waals surface area contributed by atoms with Gasteiger partial charge in [0.15, 0.2) is 5.16 Å². The number of thioether (sulfide) groups is 1. The molecule has 0 aliphatic carbocycles. The molecular weight excluding hydrogens is 428 g/mol. The third-order valence-corrected chi connectivity index (χ3v) is 5.87. The lowest BCUT2D eigenvalue weighted by Gasteiger charge is -2.09. The van der Waals surface area contributed by atoms with Gasteiger partial charge in [-0.2, -0.15) is 0 Å². The van der Waals surface area contributed by atoms with E-state index in [9.17, 15) is 18.0 Å². The molecule has 2 heterocycles. The maximum absolute atomic E-state index is 12.4. The highest BCUT2D eigenvalue weighted by Crippen LogP contribution is 2.17. The summed E-state index contributed by atoms with van der Waals surface area (Å²) in [7, 11) is -3.86. The molecule has 0 radical (unpaired) electrons. The van der Waals surface area contributed by atoms with Crippen LogP contribution in [0.25, 0.3) is 0 Å². The SMILES string of the molecule is Cc1ccnc(NS(=O)(=O)c2ccc(NC(=O)CSc3nc(C)cc(=O)[nH]3)cc2)n1.